The van der Waals surface area contributed by atoms with E-state index in [9.17, 15) is 0 Å². The van der Waals surface area contributed by atoms with E-state index in [0.29, 0.717) is 0 Å². The van der Waals surface area contributed by atoms with Crippen LogP contribution in [0, 0.1) is 23.7 Å². The smallest absolute Gasteiger partial charge is 0.0541 e. The van der Waals surface area contributed by atoms with Gasteiger partial charge in [0.05, 0.1) is 11.0 Å². The summed E-state index contributed by atoms with van der Waals surface area (Å²) in [4.78, 5) is 0. The van der Waals surface area contributed by atoms with E-state index >= 15 is 0 Å². The van der Waals surface area contributed by atoms with E-state index < -0.39 is 0 Å². The first-order chi connectivity index (χ1) is 15.3. The molecule has 4 aromatic carbocycles. The number of rotatable bonds is 1. The van der Waals surface area contributed by atoms with Gasteiger partial charge in [-0.1, -0.05) is 67.0 Å². The summed E-state index contributed by atoms with van der Waals surface area (Å²) < 4.78 is 2.32. The Kier molecular flexibility index (Phi) is 5.02. The number of para-hydroxylation sites is 2. The van der Waals surface area contributed by atoms with Crippen molar-refractivity contribution in [1.82, 2.24) is 4.57 Å². The van der Waals surface area contributed by atoms with Crippen LogP contribution in [0.25, 0.3) is 27.5 Å². The summed E-state index contributed by atoms with van der Waals surface area (Å²) in [7, 11) is 0. The van der Waals surface area contributed by atoms with Gasteiger partial charge >= 0.3 is 0 Å². The Bertz CT molecular complexity index is 1440. The Hall–Kier alpha value is -4.20. The summed E-state index contributed by atoms with van der Waals surface area (Å²) >= 11 is 0. The first kappa shape index (κ1) is 18.8. The Morgan fingerprint density at radius 1 is 0.548 bits per heavy atom. The minimum Gasteiger partial charge on any atom is -0.309 e. The minimum atomic E-state index is 0.867. The lowest BCUT2D eigenvalue weighted by Gasteiger charge is -2.07. The minimum absolute atomic E-state index is 0.867. The Morgan fingerprint density at radius 2 is 1.00 bits per heavy atom. The van der Waals surface area contributed by atoms with Gasteiger partial charge in [-0.2, -0.15) is 0 Å². The zero-order chi connectivity index (χ0) is 21.0. The monoisotopic (exact) mass is 395 g/mol. The summed E-state index contributed by atoms with van der Waals surface area (Å²) in [6.45, 7) is 2.05. The fourth-order valence-corrected chi connectivity index (χ4v) is 3.87. The van der Waals surface area contributed by atoms with Crippen molar-refractivity contribution in [2.24, 2.45) is 0 Å². The van der Waals surface area contributed by atoms with Gasteiger partial charge in [0.15, 0.2) is 0 Å². The van der Waals surface area contributed by atoms with Gasteiger partial charge in [-0.15, -0.1) is 0 Å². The maximum atomic E-state index is 3.28. The zero-order valence-corrected chi connectivity index (χ0v) is 17.4. The van der Waals surface area contributed by atoms with Crippen LogP contribution in [0.2, 0.25) is 0 Å². The molecule has 1 heterocycles. The quantitative estimate of drug-likeness (QED) is 0.271. The maximum Gasteiger partial charge on any atom is 0.0541 e. The number of hydrogen-bond donors (Lipinski definition) is 0. The average molecular weight is 396 g/mol. The second-order valence-electron chi connectivity index (χ2n) is 7.40. The molecule has 1 heteroatoms. The SMILES string of the molecule is CCC#Cc1ccc(C#Cc2ccc(-n3c4ccccc4c4ccccc43)cc2)cc1. The summed E-state index contributed by atoms with van der Waals surface area (Å²) in [6.07, 6.45) is 0.867. The Labute approximate surface area is 183 Å². The molecule has 146 valence electrons. The van der Waals surface area contributed by atoms with Crippen molar-refractivity contribution in [2.45, 2.75) is 13.3 Å². The van der Waals surface area contributed by atoms with Gasteiger partial charge in [0.2, 0.25) is 0 Å². The lowest BCUT2D eigenvalue weighted by Crippen LogP contribution is -1.93. The number of hydrogen-bond acceptors (Lipinski definition) is 0. The normalized spacial score (nSPS) is 10.4. The summed E-state index contributed by atoms with van der Waals surface area (Å²) in [5.41, 5.74) is 6.60. The fraction of sp³-hybridized carbons (Fsp3) is 0.0667. The zero-order valence-electron chi connectivity index (χ0n) is 17.4. The summed E-state index contributed by atoms with van der Waals surface area (Å²) in [5.74, 6) is 12.8. The molecule has 0 N–H and O–H groups in total. The van der Waals surface area contributed by atoms with E-state index in [1.165, 1.54) is 21.8 Å². The van der Waals surface area contributed by atoms with Crippen molar-refractivity contribution >= 4 is 21.8 Å². The highest BCUT2D eigenvalue weighted by Gasteiger charge is 2.10. The summed E-state index contributed by atoms with van der Waals surface area (Å²) in [5, 5.41) is 2.54. The van der Waals surface area contributed by atoms with Crippen LogP contribution in [0.15, 0.2) is 97.1 Å². The predicted molar refractivity (Wildman–Crippen MR) is 130 cm³/mol. The molecule has 0 saturated heterocycles. The third kappa shape index (κ3) is 3.71. The first-order valence-electron chi connectivity index (χ1n) is 10.5. The van der Waals surface area contributed by atoms with Crippen molar-refractivity contribution in [3.63, 3.8) is 0 Å². The molecule has 5 aromatic rings. The molecule has 0 unspecified atom stereocenters. The molecule has 1 nitrogen and oxygen atoms in total. The second kappa shape index (κ2) is 8.27. The van der Waals surface area contributed by atoms with Gasteiger partial charge in [0.1, 0.15) is 0 Å². The lowest BCUT2D eigenvalue weighted by molar-refractivity contribution is 1.18. The van der Waals surface area contributed by atoms with E-state index in [2.05, 4.69) is 108 Å². The average Bonchev–Trinajstić information content (AvgIpc) is 3.17. The van der Waals surface area contributed by atoms with Crippen molar-refractivity contribution in [3.8, 4) is 29.4 Å². The van der Waals surface area contributed by atoms with Crippen molar-refractivity contribution in [2.75, 3.05) is 0 Å². The molecule has 0 fully saturated rings. The molecule has 5 rings (SSSR count). The predicted octanol–water partition coefficient (Wildman–Crippen LogP) is 6.95. The van der Waals surface area contributed by atoms with Crippen LogP contribution in [0.4, 0.5) is 0 Å². The number of aromatic nitrogens is 1. The molecule has 31 heavy (non-hydrogen) atoms. The maximum absolute atomic E-state index is 3.28. The topological polar surface area (TPSA) is 4.93 Å². The van der Waals surface area contributed by atoms with Crippen LogP contribution < -0.4 is 0 Å². The highest BCUT2D eigenvalue weighted by Crippen LogP contribution is 2.31. The standard InChI is InChI=1S/C30H21N/c1-2-3-8-23-13-15-24(16-14-23)17-18-25-19-21-26(22-20-25)31-29-11-6-4-9-27(29)28-10-5-7-12-30(28)31/h4-7,9-16,19-22H,2H2,1H3. The van der Waals surface area contributed by atoms with Crippen molar-refractivity contribution in [3.05, 3.63) is 114 Å². The van der Waals surface area contributed by atoms with Crippen LogP contribution in [0.3, 0.4) is 0 Å². The van der Waals surface area contributed by atoms with E-state index in [4.69, 9.17) is 0 Å². The molecule has 0 aliphatic carbocycles. The Balaban J connectivity index is 1.47. The van der Waals surface area contributed by atoms with E-state index in [1.54, 1.807) is 0 Å². The molecule has 0 amide bonds. The number of benzene rings is 4. The molecule has 0 saturated carbocycles. The number of fused-ring (bicyclic) bond motifs is 3. The molecule has 0 aliphatic rings. The third-order valence-corrected chi connectivity index (χ3v) is 5.35. The number of nitrogens with zero attached hydrogens (tertiary/aromatic N) is 1. The molecular weight excluding hydrogens is 374 g/mol. The lowest BCUT2D eigenvalue weighted by atomic mass is 10.1. The van der Waals surface area contributed by atoms with E-state index in [-0.39, 0.29) is 0 Å². The first-order valence-corrected chi connectivity index (χ1v) is 10.5. The van der Waals surface area contributed by atoms with Crippen LogP contribution in [0.1, 0.15) is 30.0 Å². The van der Waals surface area contributed by atoms with Crippen LogP contribution in [-0.2, 0) is 0 Å². The summed E-state index contributed by atoms with van der Waals surface area (Å²) in [6, 6.07) is 33.7. The van der Waals surface area contributed by atoms with Gasteiger partial charge in [-0.3, -0.25) is 0 Å². The fourth-order valence-electron chi connectivity index (χ4n) is 3.87. The van der Waals surface area contributed by atoms with Crippen LogP contribution in [0.5, 0.6) is 0 Å². The second-order valence-corrected chi connectivity index (χ2v) is 7.40. The van der Waals surface area contributed by atoms with Crippen molar-refractivity contribution < 1.29 is 0 Å². The molecule has 0 radical (unpaired) electrons. The largest absolute Gasteiger partial charge is 0.309 e. The molecule has 0 atom stereocenters. The molecule has 0 bridgehead atoms. The van der Waals surface area contributed by atoms with Crippen molar-refractivity contribution in [1.29, 1.82) is 0 Å². The van der Waals surface area contributed by atoms with Crippen LogP contribution in [-0.4, -0.2) is 4.57 Å². The third-order valence-electron chi connectivity index (χ3n) is 5.35. The molecule has 0 spiro atoms. The molecule has 1 aromatic heterocycles. The molecule has 0 aliphatic heterocycles. The Morgan fingerprint density at radius 3 is 1.52 bits per heavy atom. The highest BCUT2D eigenvalue weighted by atomic mass is 15.0. The van der Waals surface area contributed by atoms with E-state index in [1.807, 2.05) is 24.3 Å². The van der Waals surface area contributed by atoms with Gasteiger partial charge < -0.3 is 4.57 Å². The molecular formula is C30H21N. The van der Waals surface area contributed by atoms with Gasteiger partial charge in [0.25, 0.3) is 0 Å². The van der Waals surface area contributed by atoms with Gasteiger partial charge in [0, 0.05) is 39.6 Å². The van der Waals surface area contributed by atoms with E-state index in [0.717, 1.165) is 28.8 Å². The highest BCUT2D eigenvalue weighted by molar-refractivity contribution is 6.09. The van der Waals surface area contributed by atoms with Gasteiger partial charge in [-0.05, 0) is 60.7 Å². The van der Waals surface area contributed by atoms with Gasteiger partial charge in [-0.25, -0.2) is 0 Å². The van der Waals surface area contributed by atoms with Crippen LogP contribution >= 0.6 is 0 Å².